The maximum atomic E-state index is 12.3. The van der Waals surface area contributed by atoms with Crippen molar-refractivity contribution in [3.05, 3.63) is 28.2 Å². The van der Waals surface area contributed by atoms with E-state index in [2.05, 4.69) is 15.9 Å². The maximum absolute atomic E-state index is 12.3. The van der Waals surface area contributed by atoms with E-state index < -0.39 is 15.8 Å². The predicted octanol–water partition coefficient (Wildman–Crippen LogP) is 2.47. The lowest BCUT2D eigenvalue weighted by molar-refractivity contribution is 0.0932. The fraction of sp³-hybridized carbons (Fsp3) is 0.462. The maximum Gasteiger partial charge on any atom is 0.168 e. The molecule has 0 aromatic heterocycles. The van der Waals surface area contributed by atoms with E-state index in [0.717, 1.165) is 0 Å². The van der Waals surface area contributed by atoms with Gasteiger partial charge in [-0.2, -0.15) is 0 Å². The van der Waals surface area contributed by atoms with Gasteiger partial charge < -0.3 is 4.74 Å². The first kappa shape index (κ1) is 14.5. The van der Waals surface area contributed by atoms with Gasteiger partial charge in [0.05, 0.1) is 18.1 Å². The molecule has 6 heteroatoms. The summed E-state index contributed by atoms with van der Waals surface area (Å²) in [6, 6.07) is 5.15. The summed E-state index contributed by atoms with van der Waals surface area (Å²) in [5.74, 6) is 0.226. The van der Waals surface area contributed by atoms with Crippen molar-refractivity contribution in [1.82, 2.24) is 0 Å². The minimum atomic E-state index is -3.04. The van der Waals surface area contributed by atoms with Crippen molar-refractivity contribution < 1.29 is 17.9 Å². The predicted molar refractivity (Wildman–Crippen MR) is 76.4 cm³/mol. The number of ether oxygens (including phenoxy) is 1. The molecule has 1 aromatic carbocycles. The minimum absolute atomic E-state index is 0.0362. The first-order chi connectivity index (χ1) is 8.93. The van der Waals surface area contributed by atoms with E-state index in [4.69, 9.17) is 4.74 Å². The van der Waals surface area contributed by atoms with Crippen LogP contribution in [0.4, 0.5) is 0 Å². The molecule has 1 fully saturated rings. The first-order valence-corrected chi connectivity index (χ1v) is 8.71. The van der Waals surface area contributed by atoms with Crippen LogP contribution in [-0.2, 0) is 9.84 Å². The highest BCUT2D eigenvalue weighted by Crippen LogP contribution is 2.29. The molecule has 1 aliphatic heterocycles. The Hall–Kier alpha value is -0.880. The van der Waals surface area contributed by atoms with E-state index in [1.807, 2.05) is 6.92 Å². The van der Waals surface area contributed by atoms with Crippen molar-refractivity contribution in [3.8, 4) is 5.75 Å². The van der Waals surface area contributed by atoms with Crippen molar-refractivity contribution in [3.63, 3.8) is 0 Å². The second-order valence-electron chi connectivity index (χ2n) is 4.54. The van der Waals surface area contributed by atoms with E-state index in [9.17, 15) is 13.2 Å². The van der Waals surface area contributed by atoms with Gasteiger partial charge in [0.25, 0.3) is 0 Å². The van der Waals surface area contributed by atoms with Crippen molar-refractivity contribution in [2.45, 2.75) is 13.3 Å². The number of halogens is 1. The van der Waals surface area contributed by atoms with Crippen LogP contribution in [0.15, 0.2) is 22.7 Å². The van der Waals surface area contributed by atoms with Gasteiger partial charge in [-0.3, -0.25) is 4.79 Å². The third kappa shape index (κ3) is 3.36. The fourth-order valence-electron chi connectivity index (χ4n) is 2.17. The molecule has 2 rings (SSSR count). The molecule has 0 N–H and O–H groups in total. The molecule has 1 aromatic rings. The number of benzene rings is 1. The zero-order valence-corrected chi connectivity index (χ0v) is 13.0. The summed E-state index contributed by atoms with van der Waals surface area (Å²) < 4.78 is 28.8. The Balaban J connectivity index is 2.20. The van der Waals surface area contributed by atoms with Gasteiger partial charge >= 0.3 is 0 Å². The van der Waals surface area contributed by atoms with Crippen molar-refractivity contribution in [2.75, 3.05) is 18.1 Å². The summed E-state index contributed by atoms with van der Waals surface area (Å²) in [5.41, 5.74) is 0.519. The lowest BCUT2D eigenvalue weighted by Gasteiger charge is -2.10. The molecule has 19 heavy (non-hydrogen) atoms. The molecule has 1 atom stereocenters. The van der Waals surface area contributed by atoms with Crippen LogP contribution in [0.2, 0.25) is 0 Å². The van der Waals surface area contributed by atoms with E-state index in [1.165, 1.54) is 0 Å². The number of Topliss-reactive ketones (excluding diaryl/α,β-unsaturated/α-hetero) is 1. The van der Waals surface area contributed by atoms with E-state index in [1.54, 1.807) is 18.2 Å². The number of hydrogen-bond acceptors (Lipinski definition) is 4. The van der Waals surface area contributed by atoms with Gasteiger partial charge in [0.2, 0.25) is 0 Å². The Morgan fingerprint density at radius 1 is 1.47 bits per heavy atom. The van der Waals surface area contributed by atoms with Gasteiger partial charge in [0.15, 0.2) is 15.6 Å². The molecular formula is C13H15BrO4S. The van der Waals surface area contributed by atoms with E-state index in [0.29, 0.717) is 28.8 Å². The Kier molecular flexibility index (Phi) is 4.30. The van der Waals surface area contributed by atoms with Crippen LogP contribution >= 0.6 is 15.9 Å². The molecule has 104 valence electrons. The molecule has 1 aliphatic rings. The standard InChI is InChI=1S/C13H15BrO4S/c1-2-18-10-3-4-11(12(14)7-10)13(15)9-5-6-19(16,17)8-9/h3-4,7,9H,2,5-6,8H2,1H3. The molecule has 0 aliphatic carbocycles. The van der Waals surface area contributed by atoms with Crippen LogP contribution in [-0.4, -0.2) is 32.3 Å². The quantitative estimate of drug-likeness (QED) is 0.785. The third-order valence-electron chi connectivity index (χ3n) is 3.12. The monoisotopic (exact) mass is 346 g/mol. The average Bonchev–Trinajstić information content (AvgIpc) is 2.70. The lowest BCUT2D eigenvalue weighted by Crippen LogP contribution is -2.16. The van der Waals surface area contributed by atoms with Crippen molar-refractivity contribution in [2.24, 2.45) is 5.92 Å². The summed E-state index contributed by atoms with van der Waals surface area (Å²) in [6.45, 7) is 2.44. The fourth-order valence-corrected chi connectivity index (χ4v) is 4.47. The highest BCUT2D eigenvalue weighted by atomic mass is 79.9. The molecule has 0 amide bonds. The van der Waals surface area contributed by atoms with E-state index in [-0.39, 0.29) is 17.3 Å². The van der Waals surface area contributed by atoms with Crippen LogP contribution in [0.5, 0.6) is 5.75 Å². The molecule has 0 radical (unpaired) electrons. The smallest absolute Gasteiger partial charge is 0.168 e. The summed E-state index contributed by atoms with van der Waals surface area (Å²) in [7, 11) is -3.04. The molecule has 1 heterocycles. The zero-order valence-electron chi connectivity index (χ0n) is 10.6. The first-order valence-electron chi connectivity index (χ1n) is 6.10. The number of carbonyl (C=O) groups excluding carboxylic acids is 1. The number of ketones is 1. The molecule has 0 saturated carbocycles. The Labute approximate surface area is 121 Å². The molecular weight excluding hydrogens is 332 g/mol. The Morgan fingerprint density at radius 2 is 2.21 bits per heavy atom. The van der Waals surface area contributed by atoms with Crippen LogP contribution in [0.3, 0.4) is 0 Å². The number of sulfone groups is 1. The van der Waals surface area contributed by atoms with Gasteiger partial charge in [-0.05, 0) is 47.5 Å². The minimum Gasteiger partial charge on any atom is -0.494 e. The van der Waals surface area contributed by atoms with Crippen LogP contribution in [0.1, 0.15) is 23.7 Å². The molecule has 1 unspecified atom stereocenters. The van der Waals surface area contributed by atoms with Gasteiger partial charge in [0.1, 0.15) is 5.75 Å². The second kappa shape index (κ2) is 5.63. The Bertz CT molecular complexity index is 595. The topological polar surface area (TPSA) is 60.4 Å². The Morgan fingerprint density at radius 3 is 2.74 bits per heavy atom. The number of hydrogen-bond donors (Lipinski definition) is 0. The van der Waals surface area contributed by atoms with Crippen LogP contribution < -0.4 is 4.74 Å². The van der Waals surface area contributed by atoms with Gasteiger partial charge in [0, 0.05) is 16.0 Å². The largest absolute Gasteiger partial charge is 0.494 e. The molecule has 4 nitrogen and oxygen atoms in total. The third-order valence-corrected chi connectivity index (χ3v) is 5.54. The second-order valence-corrected chi connectivity index (χ2v) is 7.62. The van der Waals surface area contributed by atoms with Gasteiger partial charge in [-0.25, -0.2) is 8.42 Å². The van der Waals surface area contributed by atoms with Crippen molar-refractivity contribution >= 4 is 31.6 Å². The molecule has 0 bridgehead atoms. The van der Waals surface area contributed by atoms with E-state index >= 15 is 0 Å². The highest BCUT2D eigenvalue weighted by molar-refractivity contribution is 9.10. The summed E-state index contributed by atoms with van der Waals surface area (Å²) in [6.07, 6.45) is 0.417. The van der Waals surface area contributed by atoms with Gasteiger partial charge in [-0.1, -0.05) is 0 Å². The average molecular weight is 347 g/mol. The van der Waals surface area contributed by atoms with Gasteiger partial charge in [-0.15, -0.1) is 0 Å². The van der Waals surface area contributed by atoms with Crippen molar-refractivity contribution in [1.29, 1.82) is 0 Å². The lowest BCUT2D eigenvalue weighted by atomic mass is 9.97. The normalized spacial score (nSPS) is 21.3. The summed E-state index contributed by atoms with van der Waals surface area (Å²) in [4.78, 5) is 12.3. The molecule has 1 saturated heterocycles. The zero-order chi connectivity index (χ0) is 14.0. The SMILES string of the molecule is CCOc1ccc(C(=O)C2CCS(=O)(=O)C2)c(Br)c1. The summed E-state index contributed by atoms with van der Waals surface area (Å²) in [5, 5.41) is 0. The summed E-state index contributed by atoms with van der Waals surface area (Å²) >= 11 is 3.34. The number of rotatable bonds is 4. The van der Waals surface area contributed by atoms with Crippen LogP contribution in [0.25, 0.3) is 0 Å². The molecule has 0 spiro atoms. The number of carbonyl (C=O) groups is 1. The highest BCUT2D eigenvalue weighted by Gasteiger charge is 2.34. The van der Waals surface area contributed by atoms with Crippen LogP contribution in [0, 0.1) is 5.92 Å².